The number of anilines is 2. The second kappa shape index (κ2) is 9.40. The minimum Gasteiger partial charge on any atom is -0.382 e. The number of rotatable bonds is 7. The first kappa shape index (κ1) is 22.0. The molecule has 1 aromatic carbocycles. The Morgan fingerprint density at radius 2 is 1.97 bits per heavy atom. The number of nitrogens with one attached hydrogen (secondary N) is 1. The molecule has 1 aliphatic rings. The van der Waals surface area contributed by atoms with Crippen LogP contribution in [0.5, 0.6) is 0 Å². The fraction of sp³-hybridized carbons (Fsp3) is 0.450. The SMILES string of the molecule is CCCNC(=O)CN1CCN(c2ncc(S(=O)(=O)c3cccc(C)c3)c(N)n2)CC1. The van der Waals surface area contributed by atoms with Crippen molar-refractivity contribution in [2.24, 2.45) is 0 Å². The van der Waals surface area contributed by atoms with Crippen LogP contribution in [0.2, 0.25) is 0 Å². The van der Waals surface area contributed by atoms with Gasteiger partial charge in [0, 0.05) is 32.7 Å². The maximum Gasteiger partial charge on any atom is 0.234 e. The molecule has 9 nitrogen and oxygen atoms in total. The summed E-state index contributed by atoms with van der Waals surface area (Å²) in [7, 11) is -3.79. The summed E-state index contributed by atoms with van der Waals surface area (Å²) < 4.78 is 25.8. The van der Waals surface area contributed by atoms with Crippen LogP contribution < -0.4 is 16.0 Å². The van der Waals surface area contributed by atoms with Crippen LogP contribution in [-0.4, -0.2) is 68.5 Å². The van der Waals surface area contributed by atoms with Gasteiger partial charge in [-0.3, -0.25) is 9.69 Å². The van der Waals surface area contributed by atoms with Gasteiger partial charge >= 0.3 is 0 Å². The maximum atomic E-state index is 12.9. The quantitative estimate of drug-likeness (QED) is 0.660. The summed E-state index contributed by atoms with van der Waals surface area (Å²) in [4.78, 5) is 24.5. The number of nitrogens with two attached hydrogens (primary N) is 1. The van der Waals surface area contributed by atoms with Crippen LogP contribution in [0, 0.1) is 6.92 Å². The largest absolute Gasteiger partial charge is 0.382 e. The van der Waals surface area contributed by atoms with E-state index in [2.05, 4.69) is 20.2 Å². The van der Waals surface area contributed by atoms with Crippen molar-refractivity contribution < 1.29 is 13.2 Å². The molecule has 1 saturated heterocycles. The predicted molar refractivity (Wildman–Crippen MR) is 115 cm³/mol. The zero-order valence-electron chi connectivity index (χ0n) is 17.3. The van der Waals surface area contributed by atoms with Crippen LogP contribution in [0.3, 0.4) is 0 Å². The number of hydrogen-bond donors (Lipinski definition) is 2. The molecule has 0 atom stereocenters. The van der Waals surface area contributed by atoms with E-state index in [4.69, 9.17) is 5.73 Å². The molecule has 10 heteroatoms. The van der Waals surface area contributed by atoms with Gasteiger partial charge in [-0.05, 0) is 31.0 Å². The lowest BCUT2D eigenvalue weighted by Crippen LogP contribution is -2.50. The molecule has 1 aliphatic heterocycles. The molecule has 1 fully saturated rings. The van der Waals surface area contributed by atoms with Crippen LogP contribution in [0.25, 0.3) is 0 Å². The Hall–Kier alpha value is -2.72. The summed E-state index contributed by atoms with van der Waals surface area (Å²) in [6, 6.07) is 6.65. The number of sulfone groups is 1. The monoisotopic (exact) mass is 432 g/mol. The topological polar surface area (TPSA) is 122 Å². The summed E-state index contributed by atoms with van der Waals surface area (Å²) in [6.45, 7) is 7.53. The van der Waals surface area contributed by atoms with Gasteiger partial charge in [0.25, 0.3) is 0 Å². The van der Waals surface area contributed by atoms with Crippen molar-refractivity contribution in [2.75, 3.05) is 49.9 Å². The van der Waals surface area contributed by atoms with E-state index in [1.807, 2.05) is 24.8 Å². The number of nitrogens with zero attached hydrogens (tertiary/aromatic N) is 4. The first-order valence-electron chi connectivity index (χ1n) is 9.99. The average Bonchev–Trinajstić information content (AvgIpc) is 2.72. The number of aryl methyl sites for hydroxylation is 1. The fourth-order valence-corrected chi connectivity index (χ4v) is 4.64. The van der Waals surface area contributed by atoms with Crippen molar-refractivity contribution in [1.82, 2.24) is 20.2 Å². The maximum absolute atomic E-state index is 12.9. The van der Waals surface area contributed by atoms with Gasteiger partial charge in [-0.1, -0.05) is 19.1 Å². The second-order valence-corrected chi connectivity index (χ2v) is 9.27. The molecule has 0 unspecified atom stereocenters. The molecule has 0 spiro atoms. The summed E-state index contributed by atoms with van der Waals surface area (Å²) >= 11 is 0. The third kappa shape index (κ3) is 5.06. The van der Waals surface area contributed by atoms with Gasteiger partial charge in [0.05, 0.1) is 17.6 Å². The van der Waals surface area contributed by atoms with Crippen LogP contribution >= 0.6 is 0 Å². The standard InChI is InChI=1S/C20H28N6O3S/c1-3-7-22-18(27)14-25-8-10-26(11-9-25)20-23-13-17(19(21)24-20)30(28,29)16-6-4-5-15(2)12-16/h4-6,12-13H,3,7-11,14H2,1-2H3,(H,22,27)(H2,21,23,24). The lowest BCUT2D eigenvalue weighted by atomic mass is 10.2. The van der Waals surface area contributed by atoms with Gasteiger partial charge in [0.15, 0.2) is 0 Å². The molecule has 0 saturated carbocycles. The molecular weight excluding hydrogens is 404 g/mol. The predicted octanol–water partition coefficient (Wildman–Crippen LogP) is 0.848. The first-order valence-corrected chi connectivity index (χ1v) is 11.5. The Bertz CT molecular complexity index is 1000. The normalized spacial score (nSPS) is 15.2. The zero-order valence-corrected chi connectivity index (χ0v) is 18.2. The number of nitrogen functional groups attached to an aromatic ring is 1. The minimum absolute atomic E-state index is 0.0245. The Balaban J connectivity index is 1.67. The van der Waals surface area contributed by atoms with Crippen molar-refractivity contribution in [3.05, 3.63) is 36.0 Å². The number of carbonyl (C=O) groups excluding carboxylic acids is 1. The van der Waals surface area contributed by atoms with Crippen molar-refractivity contribution >= 4 is 27.5 Å². The highest BCUT2D eigenvalue weighted by Crippen LogP contribution is 2.26. The highest BCUT2D eigenvalue weighted by molar-refractivity contribution is 7.91. The summed E-state index contributed by atoms with van der Waals surface area (Å²) in [6.07, 6.45) is 2.19. The molecule has 3 rings (SSSR count). The molecule has 0 aliphatic carbocycles. The highest BCUT2D eigenvalue weighted by atomic mass is 32.2. The van der Waals surface area contributed by atoms with Crippen molar-refractivity contribution in [3.8, 4) is 0 Å². The Kier molecular flexibility index (Phi) is 6.88. The number of carbonyl (C=O) groups is 1. The average molecular weight is 433 g/mol. The van der Waals surface area contributed by atoms with E-state index < -0.39 is 9.84 Å². The molecule has 2 aromatic rings. The minimum atomic E-state index is -3.79. The number of amides is 1. The van der Waals surface area contributed by atoms with E-state index >= 15 is 0 Å². The van der Waals surface area contributed by atoms with Gasteiger partial charge in [-0.25, -0.2) is 13.4 Å². The molecule has 30 heavy (non-hydrogen) atoms. The zero-order chi connectivity index (χ0) is 21.7. The second-order valence-electron chi connectivity index (χ2n) is 7.35. The summed E-state index contributed by atoms with van der Waals surface area (Å²) in [5.41, 5.74) is 6.85. The van der Waals surface area contributed by atoms with E-state index in [-0.39, 0.29) is 21.5 Å². The van der Waals surface area contributed by atoms with Gasteiger partial charge in [-0.15, -0.1) is 0 Å². The van der Waals surface area contributed by atoms with Gasteiger partial charge < -0.3 is 16.0 Å². The van der Waals surface area contributed by atoms with E-state index in [0.717, 1.165) is 12.0 Å². The van der Waals surface area contributed by atoms with Crippen molar-refractivity contribution in [2.45, 2.75) is 30.1 Å². The smallest absolute Gasteiger partial charge is 0.234 e. The number of aromatic nitrogens is 2. The number of piperazine rings is 1. The molecule has 1 amide bonds. The van der Waals surface area contributed by atoms with Gasteiger partial charge in [0.2, 0.25) is 21.7 Å². The fourth-order valence-electron chi connectivity index (χ4n) is 3.27. The lowest BCUT2D eigenvalue weighted by molar-refractivity contribution is -0.122. The van der Waals surface area contributed by atoms with Crippen LogP contribution in [0.1, 0.15) is 18.9 Å². The molecular formula is C20H28N6O3S. The Morgan fingerprint density at radius 3 is 2.60 bits per heavy atom. The van der Waals surface area contributed by atoms with Crippen LogP contribution in [0.4, 0.5) is 11.8 Å². The van der Waals surface area contributed by atoms with Gasteiger partial charge in [0.1, 0.15) is 10.7 Å². The van der Waals surface area contributed by atoms with E-state index in [9.17, 15) is 13.2 Å². The van der Waals surface area contributed by atoms with Crippen molar-refractivity contribution in [1.29, 1.82) is 0 Å². The summed E-state index contributed by atoms with van der Waals surface area (Å²) in [5, 5.41) is 2.87. The van der Waals surface area contributed by atoms with E-state index in [0.29, 0.717) is 45.2 Å². The van der Waals surface area contributed by atoms with E-state index in [1.54, 1.807) is 12.1 Å². The number of benzene rings is 1. The van der Waals surface area contributed by atoms with Crippen LogP contribution in [0.15, 0.2) is 40.3 Å². The Morgan fingerprint density at radius 1 is 1.23 bits per heavy atom. The third-order valence-corrected chi connectivity index (χ3v) is 6.72. The summed E-state index contributed by atoms with van der Waals surface area (Å²) in [5.74, 6) is 0.352. The molecule has 3 N–H and O–H groups in total. The lowest BCUT2D eigenvalue weighted by Gasteiger charge is -2.34. The number of hydrogen-bond acceptors (Lipinski definition) is 8. The third-order valence-electron chi connectivity index (χ3n) is 4.95. The van der Waals surface area contributed by atoms with E-state index in [1.165, 1.54) is 12.3 Å². The Labute approximate surface area is 177 Å². The molecule has 0 bridgehead atoms. The van der Waals surface area contributed by atoms with Crippen molar-refractivity contribution in [3.63, 3.8) is 0 Å². The molecule has 162 valence electrons. The molecule has 0 radical (unpaired) electrons. The molecule has 1 aromatic heterocycles. The molecule has 2 heterocycles. The van der Waals surface area contributed by atoms with Gasteiger partial charge in [-0.2, -0.15) is 4.98 Å². The first-order chi connectivity index (χ1) is 14.3. The highest BCUT2D eigenvalue weighted by Gasteiger charge is 2.25. The van der Waals surface area contributed by atoms with Crippen LogP contribution in [-0.2, 0) is 14.6 Å².